The van der Waals surface area contributed by atoms with Gasteiger partial charge in [0.15, 0.2) is 0 Å². The molecule has 2 N–H and O–H groups in total. The molecule has 8 heteroatoms. The molecule has 2 fully saturated rings. The van der Waals surface area contributed by atoms with E-state index in [2.05, 4.69) is 5.32 Å². The predicted octanol–water partition coefficient (Wildman–Crippen LogP) is 3.82. The molecule has 2 saturated heterocycles. The Morgan fingerprint density at radius 2 is 1.80 bits per heavy atom. The molecule has 0 amide bonds. The van der Waals surface area contributed by atoms with Gasteiger partial charge >= 0.3 is 12.1 Å². The molecule has 25 heavy (non-hydrogen) atoms. The van der Waals surface area contributed by atoms with Gasteiger partial charge in [0.05, 0.1) is 0 Å². The number of aryl methyl sites for hydroxylation is 1. The Balaban J connectivity index is 0.000000277. The number of carboxylic acids is 1. The number of aliphatic carboxylic acids is 1. The average Bonchev–Trinajstić information content (AvgIpc) is 2.50. The highest BCUT2D eigenvalue weighted by Crippen LogP contribution is 2.29. The van der Waals surface area contributed by atoms with Crippen molar-refractivity contribution < 1.29 is 32.2 Å². The van der Waals surface area contributed by atoms with E-state index in [1.54, 1.807) is 13.0 Å². The number of rotatable bonds is 2. The van der Waals surface area contributed by atoms with Gasteiger partial charge in [-0.2, -0.15) is 13.2 Å². The number of piperidine rings is 2. The van der Waals surface area contributed by atoms with Crippen LogP contribution in [0.1, 0.15) is 37.7 Å². The van der Waals surface area contributed by atoms with Crippen LogP contribution in [0.4, 0.5) is 17.6 Å². The molecule has 1 aromatic rings. The zero-order valence-corrected chi connectivity index (χ0v) is 13.8. The van der Waals surface area contributed by atoms with E-state index in [1.807, 2.05) is 6.07 Å². The zero-order chi connectivity index (χ0) is 18.6. The Morgan fingerprint density at radius 1 is 1.24 bits per heavy atom. The molecule has 2 bridgehead atoms. The van der Waals surface area contributed by atoms with Crippen LogP contribution in [0.2, 0.25) is 0 Å². The monoisotopic (exact) mass is 363 g/mol. The summed E-state index contributed by atoms with van der Waals surface area (Å²) in [5.74, 6) is -2.27. The highest BCUT2D eigenvalue weighted by molar-refractivity contribution is 5.73. The van der Waals surface area contributed by atoms with E-state index in [1.165, 1.54) is 25.3 Å². The summed E-state index contributed by atoms with van der Waals surface area (Å²) in [6.45, 7) is 1.77. The normalized spacial score (nSPS) is 25.6. The van der Waals surface area contributed by atoms with Crippen LogP contribution in [0.25, 0.3) is 0 Å². The van der Waals surface area contributed by atoms with Crippen molar-refractivity contribution in [3.63, 3.8) is 0 Å². The fourth-order valence-corrected chi connectivity index (χ4v) is 3.15. The van der Waals surface area contributed by atoms with Crippen LogP contribution >= 0.6 is 0 Å². The summed E-state index contributed by atoms with van der Waals surface area (Å²) >= 11 is 0. The number of hydrogen-bond donors (Lipinski definition) is 2. The molecule has 0 aromatic heterocycles. The maximum Gasteiger partial charge on any atom is 0.490 e. The number of alkyl halides is 3. The Kier molecular flexibility index (Phi) is 6.26. The van der Waals surface area contributed by atoms with Crippen LogP contribution < -0.4 is 10.1 Å². The first kappa shape index (κ1) is 19.5. The molecule has 0 spiro atoms. The van der Waals surface area contributed by atoms with Gasteiger partial charge in [0, 0.05) is 18.2 Å². The van der Waals surface area contributed by atoms with Gasteiger partial charge in [-0.05, 0) is 44.2 Å². The largest absolute Gasteiger partial charge is 0.490 e. The Bertz CT molecular complexity index is 594. The van der Waals surface area contributed by atoms with Crippen molar-refractivity contribution in [2.45, 2.75) is 63.4 Å². The van der Waals surface area contributed by atoms with Crippen LogP contribution in [0.15, 0.2) is 18.2 Å². The molecule has 2 aliphatic rings. The van der Waals surface area contributed by atoms with Crippen molar-refractivity contribution in [2.24, 2.45) is 0 Å². The van der Waals surface area contributed by atoms with Crippen LogP contribution in [0, 0.1) is 12.7 Å². The molecule has 1 unspecified atom stereocenters. The number of halogens is 4. The Morgan fingerprint density at radius 3 is 2.28 bits per heavy atom. The minimum absolute atomic E-state index is 0.179. The van der Waals surface area contributed by atoms with Gasteiger partial charge in [-0.3, -0.25) is 0 Å². The zero-order valence-electron chi connectivity index (χ0n) is 13.8. The van der Waals surface area contributed by atoms with Gasteiger partial charge in [-0.1, -0.05) is 12.5 Å². The molecular weight excluding hydrogens is 342 g/mol. The van der Waals surface area contributed by atoms with E-state index in [9.17, 15) is 17.6 Å². The lowest BCUT2D eigenvalue weighted by molar-refractivity contribution is -0.192. The number of benzene rings is 1. The van der Waals surface area contributed by atoms with Crippen LogP contribution in [0.5, 0.6) is 5.75 Å². The van der Waals surface area contributed by atoms with Crippen molar-refractivity contribution in [1.82, 2.24) is 5.32 Å². The minimum atomic E-state index is -5.08. The summed E-state index contributed by atoms with van der Waals surface area (Å²) in [5, 5.41) is 10.8. The van der Waals surface area contributed by atoms with Crippen molar-refractivity contribution in [3.8, 4) is 5.75 Å². The van der Waals surface area contributed by atoms with E-state index in [0.29, 0.717) is 23.4 Å². The second kappa shape index (κ2) is 8.03. The Hall–Kier alpha value is -1.83. The molecule has 4 nitrogen and oxygen atoms in total. The fourth-order valence-electron chi connectivity index (χ4n) is 3.15. The molecule has 2 aliphatic heterocycles. The third-order valence-corrected chi connectivity index (χ3v) is 4.36. The molecular formula is C17H21F4NO3. The number of fused-ring (bicyclic) bond motifs is 2. The van der Waals surface area contributed by atoms with Crippen molar-refractivity contribution in [3.05, 3.63) is 29.6 Å². The topological polar surface area (TPSA) is 58.6 Å². The smallest absolute Gasteiger partial charge is 0.490 e. The summed E-state index contributed by atoms with van der Waals surface area (Å²) in [6, 6.07) is 6.35. The molecule has 1 aromatic carbocycles. The molecule has 0 radical (unpaired) electrons. The molecule has 3 rings (SSSR count). The number of ether oxygens (including phenoxy) is 1. The van der Waals surface area contributed by atoms with Gasteiger partial charge in [0.2, 0.25) is 0 Å². The molecule has 140 valence electrons. The molecule has 3 atom stereocenters. The lowest BCUT2D eigenvalue weighted by Gasteiger charge is -2.40. The van der Waals surface area contributed by atoms with Crippen molar-refractivity contribution in [1.29, 1.82) is 0 Å². The van der Waals surface area contributed by atoms with Gasteiger partial charge in [0.25, 0.3) is 0 Å². The van der Waals surface area contributed by atoms with Gasteiger partial charge < -0.3 is 15.2 Å². The second-order valence-corrected chi connectivity index (χ2v) is 6.42. The van der Waals surface area contributed by atoms with Crippen LogP contribution in [-0.2, 0) is 4.79 Å². The summed E-state index contributed by atoms with van der Waals surface area (Å²) in [7, 11) is 0. The summed E-state index contributed by atoms with van der Waals surface area (Å²) in [5.41, 5.74) is 0.671. The number of hydrogen-bond acceptors (Lipinski definition) is 3. The maximum absolute atomic E-state index is 13.5. The average molecular weight is 363 g/mol. The third kappa shape index (κ3) is 5.88. The van der Waals surface area contributed by atoms with Gasteiger partial charge in [-0.15, -0.1) is 0 Å². The first-order valence-electron chi connectivity index (χ1n) is 8.14. The highest BCUT2D eigenvalue weighted by Gasteiger charge is 2.38. The minimum Gasteiger partial charge on any atom is -0.490 e. The lowest BCUT2D eigenvalue weighted by Crippen LogP contribution is -2.51. The second-order valence-electron chi connectivity index (χ2n) is 6.42. The van der Waals surface area contributed by atoms with E-state index >= 15 is 0 Å². The number of carboxylic acid groups (broad SMARTS) is 1. The predicted molar refractivity (Wildman–Crippen MR) is 83.0 cm³/mol. The first-order valence-corrected chi connectivity index (χ1v) is 8.14. The third-order valence-electron chi connectivity index (χ3n) is 4.36. The highest BCUT2D eigenvalue weighted by atomic mass is 19.4. The molecule has 0 aliphatic carbocycles. The molecule has 2 heterocycles. The summed E-state index contributed by atoms with van der Waals surface area (Å²) < 4.78 is 51.2. The van der Waals surface area contributed by atoms with Gasteiger partial charge in [0.1, 0.15) is 17.7 Å². The Labute approximate surface area is 143 Å². The quantitative estimate of drug-likeness (QED) is 0.785. The van der Waals surface area contributed by atoms with Crippen LogP contribution in [-0.4, -0.2) is 35.4 Å². The summed E-state index contributed by atoms with van der Waals surface area (Å²) in [4.78, 5) is 8.90. The van der Waals surface area contributed by atoms with E-state index < -0.39 is 12.1 Å². The number of nitrogens with one attached hydrogen (secondary N) is 1. The summed E-state index contributed by atoms with van der Waals surface area (Å²) in [6.07, 6.45) is 1.08. The van der Waals surface area contributed by atoms with Gasteiger partial charge in [-0.25, -0.2) is 9.18 Å². The van der Waals surface area contributed by atoms with E-state index in [4.69, 9.17) is 14.6 Å². The van der Waals surface area contributed by atoms with Crippen molar-refractivity contribution >= 4 is 5.97 Å². The van der Waals surface area contributed by atoms with E-state index in [-0.39, 0.29) is 11.9 Å². The maximum atomic E-state index is 13.5. The van der Waals surface area contributed by atoms with E-state index in [0.717, 1.165) is 12.8 Å². The van der Waals surface area contributed by atoms with Crippen LogP contribution in [0.3, 0.4) is 0 Å². The standard InChI is InChI=1S/C15H20FNO.C2HF3O2/c1-10-5-6-13(9-15(10)16)18-14-7-11-3-2-4-12(8-14)17-11;3-2(4,5)1(6)7/h5-6,9,11-12,14,17H,2-4,7-8H2,1H3;(H,6,7)/t11-,12+,14?;. The first-order chi connectivity index (χ1) is 11.6. The molecule has 0 saturated carbocycles. The fraction of sp³-hybridized carbons (Fsp3) is 0.588. The van der Waals surface area contributed by atoms with Crippen molar-refractivity contribution in [2.75, 3.05) is 0 Å². The number of carbonyl (C=O) groups is 1. The lowest BCUT2D eigenvalue weighted by atomic mass is 9.85. The SMILES string of the molecule is Cc1ccc(OC2C[C@H]3CCC[C@@H](C2)N3)cc1F.O=C(O)C(F)(F)F.